The van der Waals surface area contributed by atoms with E-state index in [9.17, 15) is 0 Å². The summed E-state index contributed by atoms with van der Waals surface area (Å²) in [6.45, 7) is 0. The van der Waals surface area contributed by atoms with Gasteiger partial charge in [-0.3, -0.25) is 0 Å². The van der Waals surface area contributed by atoms with Crippen LogP contribution in [-0.4, -0.2) is 4.98 Å². The van der Waals surface area contributed by atoms with Crippen molar-refractivity contribution in [2.45, 2.75) is 6.42 Å². The van der Waals surface area contributed by atoms with Crippen molar-refractivity contribution in [3.05, 3.63) is 47.9 Å². The van der Waals surface area contributed by atoms with Crippen molar-refractivity contribution in [1.82, 2.24) is 4.98 Å². The molecule has 0 bridgehead atoms. The maximum atomic E-state index is 5.35. The van der Waals surface area contributed by atoms with E-state index in [2.05, 4.69) is 4.98 Å². The second-order valence-electron chi connectivity index (χ2n) is 2.84. The molecule has 0 fully saturated rings. The van der Waals surface area contributed by atoms with Crippen molar-refractivity contribution in [2.75, 3.05) is 5.73 Å². The zero-order valence-corrected chi connectivity index (χ0v) is 7.10. The topological polar surface area (TPSA) is 52.0 Å². The van der Waals surface area contributed by atoms with Gasteiger partial charge in [-0.25, -0.2) is 0 Å². The van der Waals surface area contributed by atoms with E-state index < -0.39 is 0 Å². The van der Waals surface area contributed by atoms with Crippen LogP contribution in [-0.2, 0) is 6.42 Å². The molecule has 2 aromatic rings. The van der Waals surface area contributed by atoms with Crippen molar-refractivity contribution in [3.63, 3.8) is 0 Å². The molecule has 66 valence electrons. The average Bonchev–Trinajstić information content (AvgIpc) is 2.53. The molecule has 2 N–H and O–H groups in total. The van der Waals surface area contributed by atoms with E-state index in [-0.39, 0.29) is 6.01 Å². The number of rotatable bonds is 2. The zero-order valence-electron chi connectivity index (χ0n) is 7.10. The lowest BCUT2D eigenvalue weighted by molar-refractivity contribution is 0.579. The number of hydrogen-bond acceptors (Lipinski definition) is 3. The molecule has 0 spiro atoms. The molecule has 0 saturated heterocycles. The molecule has 0 radical (unpaired) electrons. The molecule has 0 atom stereocenters. The van der Waals surface area contributed by atoms with Crippen molar-refractivity contribution in [1.29, 1.82) is 0 Å². The van der Waals surface area contributed by atoms with Crippen LogP contribution in [0.4, 0.5) is 6.01 Å². The van der Waals surface area contributed by atoms with Gasteiger partial charge in [0.2, 0.25) is 0 Å². The van der Waals surface area contributed by atoms with E-state index in [1.54, 1.807) is 6.26 Å². The Labute approximate surface area is 76.2 Å². The van der Waals surface area contributed by atoms with E-state index in [0.717, 1.165) is 12.1 Å². The van der Waals surface area contributed by atoms with Crippen LogP contribution in [0.2, 0.25) is 0 Å². The van der Waals surface area contributed by atoms with Crippen molar-refractivity contribution in [3.8, 4) is 0 Å². The van der Waals surface area contributed by atoms with Crippen LogP contribution in [0.3, 0.4) is 0 Å². The number of nitrogens with two attached hydrogens (primary N) is 1. The van der Waals surface area contributed by atoms with Crippen LogP contribution in [0, 0.1) is 0 Å². The zero-order chi connectivity index (χ0) is 9.10. The second-order valence-corrected chi connectivity index (χ2v) is 2.84. The highest BCUT2D eigenvalue weighted by Crippen LogP contribution is 2.09. The molecule has 0 saturated carbocycles. The van der Waals surface area contributed by atoms with E-state index in [4.69, 9.17) is 10.2 Å². The summed E-state index contributed by atoms with van der Waals surface area (Å²) < 4.78 is 4.90. The third-order valence-electron chi connectivity index (χ3n) is 1.80. The monoisotopic (exact) mass is 174 g/mol. The van der Waals surface area contributed by atoms with Gasteiger partial charge in [0.25, 0.3) is 6.01 Å². The van der Waals surface area contributed by atoms with Crippen LogP contribution in [0.25, 0.3) is 0 Å². The third-order valence-corrected chi connectivity index (χ3v) is 1.80. The van der Waals surface area contributed by atoms with E-state index in [1.807, 2.05) is 30.3 Å². The van der Waals surface area contributed by atoms with Gasteiger partial charge >= 0.3 is 0 Å². The van der Waals surface area contributed by atoms with Gasteiger partial charge in [0.15, 0.2) is 0 Å². The highest BCUT2D eigenvalue weighted by molar-refractivity contribution is 5.22. The molecule has 1 aromatic heterocycles. The maximum absolute atomic E-state index is 5.35. The average molecular weight is 174 g/mol. The van der Waals surface area contributed by atoms with Gasteiger partial charge in [0.05, 0.1) is 5.69 Å². The Balaban J connectivity index is 2.15. The highest BCUT2D eigenvalue weighted by atomic mass is 16.4. The number of nitrogen functional groups attached to an aromatic ring is 1. The van der Waals surface area contributed by atoms with Gasteiger partial charge in [-0.1, -0.05) is 30.3 Å². The van der Waals surface area contributed by atoms with E-state index in [0.29, 0.717) is 0 Å². The normalized spacial score (nSPS) is 10.2. The molecule has 13 heavy (non-hydrogen) atoms. The minimum Gasteiger partial charge on any atom is -0.432 e. The first kappa shape index (κ1) is 7.86. The smallest absolute Gasteiger partial charge is 0.292 e. The Bertz CT molecular complexity index is 381. The van der Waals surface area contributed by atoms with Gasteiger partial charge in [-0.15, -0.1) is 0 Å². The molecule has 2 rings (SSSR count). The number of benzene rings is 1. The summed E-state index contributed by atoms with van der Waals surface area (Å²) >= 11 is 0. The fourth-order valence-corrected chi connectivity index (χ4v) is 1.21. The maximum Gasteiger partial charge on any atom is 0.292 e. The molecule has 0 aliphatic heterocycles. The number of anilines is 1. The van der Waals surface area contributed by atoms with Gasteiger partial charge < -0.3 is 10.2 Å². The molecule has 0 unspecified atom stereocenters. The summed E-state index contributed by atoms with van der Waals surface area (Å²) in [5, 5.41) is 0. The van der Waals surface area contributed by atoms with Crippen LogP contribution in [0.5, 0.6) is 0 Å². The summed E-state index contributed by atoms with van der Waals surface area (Å²) in [6.07, 6.45) is 2.35. The van der Waals surface area contributed by atoms with Gasteiger partial charge in [-0.2, -0.15) is 4.98 Å². The lowest BCUT2D eigenvalue weighted by atomic mass is 10.1. The van der Waals surface area contributed by atoms with Crippen LogP contribution >= 0.6 is 0 Å². The molecule has 3 nitrogen and oxygen atoms in total. The summed E-state index contributed by atoms with van der Waals surface area (Å²) in [6, 6.07) is 10.3. The minimum absolute atomic E-state index is 0.228. The number of aromatic nitrogens is 1. The molecule has 3 heteroatoms. The Hall–Kier alpha value is -1.77. The van der Waals surface area contributed by atoms with Gasteiger partial charge in [-0.05, 0) is 5.56 Å². The van der Waals surface area contributed by atoms with Crippen LogP contribution in [0.1, 0.15) is 11.3 Å². The number of oxazole rings is 1. The fraction of sp³-hybridized carbons (Fsp3) is 0.100. The van der Waals surface area contributed by atoms with Gasteiger partial charge in [0.1, 0.15) is 6.26 Å². The van der Waals surface area contributed by atoms with Crippen molar-refractivity contribution < 1.29 is 4.42 Å². The molecule has 1 aromatic carbocycles. The molecule has 0 aliphatic rings. The number of hydrogen-bond donors (Lipinski definition) is 1. The predicted molar refractivity (Wildman–Crippen MR) is 50.2 cm³/mol. The minimum atomic E-state index is 0.228. The van der Waals surface area contributed by atoms with E-state index >= 15 is 0 Å². The first-order chi connectivity index (χ1) is 6.34. The van der Waals surface area contributed by atoms with Crippen molar-refractivity contribution in [2.24, 2.45) is 0 Å². The Morgan fingerprint density at radius 2 is 2.00 bits per heavy atom. The van der Waals surface area contributed by atoms with E-state index in [1.165, 1.54) is 5.56 Å². The molecular weight excluding hydrogens is 164 g/mol. The van der Waals surface area contributed by atoms with Crippen LogP contribution < -0.4 is 5.73 Å². The largest absolute Gasteiger partial charge is 0.432 e. The first-order valence-electron chi connectivity index (χ1n) is 4.08. The second kappa shape index (κ2) is 3.31. The highest BCUT2D eigenvalue weighted by Gasteiger charge is 2.00. The summed E-state index contributed by atoms with van der Waals surface area (Å²) in [5.74, 6) is 0. The Morgan fingerprint density at radius 3 is 2.62 bits per heavy atom. The molecule has 1 heterocycles. The Morgan fingerprint density at radius 1 is 1.23 bits per heavy atom. The summed E-state index contributed by atoms with van der Waals surface area (Å²) in [4.78, 5) is 4.02. The predicted octanol–water partition coefficient (Wildman–Crippen LogP) is 1.85. The lowest BCUT2D eigenvalue weighted by Gasteiger charge is -1.94. The quantitative estimate of drug-likeness (QED) is 0.755. The van der Waals surface area contributed by atoms with Crippen molar-refractivity contribution >= 4 is 6.01 Å². The Kier molecular flexibility index (Phi) is 2.00. The lowest BCUT2D eigenvalue weighted by Crippen LogP contribution is -1.89. The standard InChI is InChI=1S/C10H10N2O/c11-10-12-9(7-13-10)6-8-4-2-1-3-5-8/h1-5,7H,6H2,(H2,11,12). The third kappa shape index (κ3) is 1.87. The SMILES string of the molecule is Nc1nc(Cc2ccccc2)co1. The molecule has 0 amide bonds. The fourth-order valence-electron chi connectivity index (χ4n) is 1.21. The first-order valence-corrected chi connectivity index (χ1v) is 4.08. The number of nitrogens with zero attached hydrogens (tertiary/aromatic N) is 1. The van der Waals surface area contributed by atoms with Crippen LogP contribution in [0.15, 0.2) is 41.0 Å². The molecular formula is C10H10N2O. The summed E-state index contributed by atoms with van der Waals surface area (Å²) in [7, 11) is 0. The van der Waals surface area contributed by atoms with Gasteiger partial charge in [0, 0.05) is 6.42 Å². The molecule has 0 aliphatic carbocycles. The summed E-state index contributed by atoms with van der Waals surface area (Å²) in [5.41, 5.74) is 7.42.